The van der Waals surface area contributed by atoms with Crippen LogP contribution in [-0.4, -0.2) is 5.11 Å². The highest BCUT2D eigenvalue weighted by Gasteiger charge is 2.44. The fourth-order valence-electron chi connectivity index (χ4n) is 3.02. The summed E-state index contributed by atoms with van der Waals surface area (Å²) >= 11 is 0. The smallest absolute Gasteiger partial charge is 0.123 e. The van der Waals surface area contributed by atoms with E-state index in [1.807, 2.05) is 6.92 Å². The van der Waals surface area contributed by atoms with E-state index in [0.29, 0.717) is 18.4 Å². The molecule has 20 heavy (non-hydrogen) atoms. The minimum atomic E-state index is -0.917. The van der Waals surface area contributed by atoms with Gasteiger partial charge in [-0.3, -0.25) is 0 Å². The van der Waals surface area contributed by atoms with Crippen LogP contribution < -0.4 is 0 Å². The molecule has 1 aromatic carbocycles. The van der Waals surface area contributed by atoms with Crippen LogP contribution in [0.25, 0.3) is 0 Å². The van der Waals surface area contributed by atoms with E-state index >= 15 is 0 Å². The van der Waals surface area contributed by atoms with Crippen LogP contribution in [0.1, 0.15) is 56.8 Å². The van der Waals surface area contributed by atoms with E-state index in [1.165, 1.54) is 12.1 Å². The van der Waals surface area contributed by atoms with Gasteiger partial charge in [0.1, 0.15) is 5.82 Å². The third kappa shape index (κ3) is 2.71. The number of benzene rings is 1. The van der Waals surface area contributed by atoms with Crippen LogP contribution >= 0.6 is 0 Å². The molecule has 0 bridgehead atoms. The highest BCUT2D eigenvalue weighted by Crippen LogP contribution is 2.51. The number of nitrogens with zero attached hydrogens (tertiary/aromatic N) is 1. The van der Waals surface area contributed by atoms with Crippen LogP contribution in [0.4, 0.5) is 4.39 Å². The summed E-state index contributed by atoms with van der Waals surface area (Å²) in [5.41, 5.74) is 0.815. The Kier molecular flexibility index (Phi) is 3.88. The Morgan fingerprint density at radius 1 is 1.25 bits per heavy atom. The number of aliphatic hydroxyl groups excluding tert-OH is 1. The summed E-state index contributed by atoms with van der Waals surface area (Å²) in [5.74, 6) is -0.367. The van der Waals surface area contributed by atoms with Gasteiger partial charge in [-0.05, 0) is 61.3 Å². The fraction of sp³-hybridized carbons (Fsp3) is 0.588. The van der Waals surface area contributed by atoms with Crippen LogP contribution in [0.5, 0.6) is 0 Å². The van der Waals surface area contributed by atoms with Crippen molar-refractivity contribution in [2.45, 2.75) is 52.6 Å². The van der Waals surface area contributed by atoms with Crippen molar-refractivity contribution in [3.8, 4) is 6.07 Å². The molecule has 1 N–H and O–H groups in total. The van der Waals surface area contributed by atoms with E-state index < -0.39 is 11.5 Å². The van der Waals surface area contributed by atoms with E-state index in [0.717, 1.165) is 18.4 Å². The summed E-state index contributed by atoms with van der Waals surface area (Å²) in [5, 5.41) is 20.3. The summed E-state index contributed by atoms with van der Waals surface area (Å²) in [4.78, 5) is 0. The predicted octanol–water partition coefficient (Wildman–Crippen LogP) is 4.28. The maximum absolute atomic E-state index is 13.4. The Morgan fingerprint density at radius 3 is 2.40 bits per heavy atom. The number of nitriles is 1. The van der Waals surface area contributed by atoms with E-state index in [-0.39, 0.29) is 11.2 Å². The Bertz CT molecular complexity index is 534. The lowest BCUT2D eigenvalue weighted by Crippen LogP contribution is -2.35. The fourth-order valence-corrected chi connectivity index (χ4v) is 3.02. The molecule has 2 nitrogen and oxygen atoms in total. The summed E-state index contributed by atoms with van der Waals surface area (Å²) in [6.45, 7) is 6.22. The minimum Gasteiger partial charge on any atom is -0.387 e. The second kappa shape index (κ2) is 5.18. The average molecular weight is 275 g/mol. The highest BCUT2D eigenvalue weighted by molar-refractivity contribution is 5.32. The molecular weight excluding hydrogens is 253 g/mol. The molecule has 2 rings (SSSR count). The molecule has 1 saturated carbocycles. The van der Waals surface area contributed by atoms with Gasteiger partial charge in [-0.2, -0.15) is 5.26 Å². The summed E-state index contributed by atoms with van der Waals surface area (Å²) in [6.07, 6.45) is 2.22. The normalized spacial score (nSPS) is 22.0. The van der Waals surface area contributed by atoms with Gasteiger partial charge in [0.15, 0.2) is 0 Å². The van der Waals surface area contributed by atoms with Crippen LogP contribution in [0, 0.1) is 34.9 Å². The molecular formula is C17H22FNO. The molecule has 1 aromatic rings. The largest absolute Gasteiger partial charge is 0.387 e. The zero-order valence-electron chi connectivity index (χ0n) is 12.4. The van der Waals surface area contributed by atoms with Gasteiger partial charge in [0, 0.05) is 0 Å². The highest BCUT2D eigenvalue weighted by atomic mass is 19.1. The molecule has 0 heterocycles. The van der Waals surface area contributed by atoms with Crippen molar-refractivity contribution >= 4 is 0 Å². The Balaban J connectivity index is 2.33. The predicted molar refractivity (Wildman–Crippen MR) is 76.4 cm³/mol. The lowest BCUT2D eigenvalue weighted by atomic mass is 9.62. The second-order valence-electron chi connectivity index (χ2n) is 6.84. The molecule has 0 aromatic heterocycles. The van der Waals surface area contributed by atoms with Crippen molar-refractivity contribution in [1.82, 2.24) is 0 Å². The quantitative estimate of drug-likeness (QED) is 0.875. The zero-order chi connectivity index (χ0) is 15.0. The lowest BCUT2D eigenvalue weighted by Gasteiger charge is -2.42. The number of hydrogen-bond acceptors (Lipinski definition) is 2. The lowest BCUT2D eigenvalue weighted by molar-refractivity contribution is 0.00903. The monoisotopic (exact) mass is 275 g/mol. The van der Waals surface area contributed by atoms with Gasteiger partial charge in [0.2, 0.25) is 0 Å². The molecule has 108 valence electrons. The van der Waals surface area contributed by atoms with Crippen molar-refractivity contribution in [1.29, 1.82) is 5.26 Å². The van der Waals surface area contributed by atoms with E-state index in [2.05, 4.69) is 19.9 Å². The molecule has 3 heteroatoms. The van der Waals surface area contributed by atoms with Gasteiger partial charge in [0.05, 0.1) is 17.6 Å². The summed E-state index contributed by atoms with van der Waals surface area (Å²) in [6, 6.07) is 6.73. The number of aliphatic hydroxyl groups is 1. The number of halogens is 1. The number of aryl methyl sites for hydroxylation is 1. The maximum atomic E-state index is 13.4. The average Bonchev–Trinajstić information content (AvgIpc) is 2.41. The van der Waals surface area contributed by atoms with Gasteiger partial charge in [-0.1, -0.05) is 19.9 Å². The molecule has 0 amide bonds. The van der Waals surface area contributed by atoms with Gasteiger partial charge < -0.3 is 5.11 Å². The van der Waals surface area contributed by atoms with E-state index in [1.54, 1.807) is 6.07 Å². The summed E-state index contributed by atoms with van der Waals surface area (Å²) < 4.78 is 13.4. The van der Waals surface area contributed by atoms with Crippen molar-refractivity contribution < 1.29 is 9.50 Å². The molecule has 0 radical (unpaired) electrons. The molecule has 1 aliphatic carbocycles. The SMILES string of the molecule is Cc1ccc(F)cc1C(O)C1(C#N)CCC(C)(C)CC1. The molecule has 0 aliphatic heterocycles. The molecule has 1 atom stereocenters. The zero-order valence-corrected chi connectivity index (χ0v) is 12.4. The van der Waals surface area contributed by atoms with Gasteiger partial charge in [-0.15, -0.1) is 0 Å². The molecule has 0 spiro atoms. The third-order valence-electron chi connectivity index (χ3n) is 4.78. The number of rotatable bonds is 2. The Morgan fingerprint density at radius 2 is 1.85 bits per heavy atom. The van der Waals surface area contributed by atoms with Crippen LogP contribution in [0.3, 0.4) is 0 Å². The van der Waals surface area contributed by atoms with Crippen molar-refractivity contribution in [3.05, 3.63) is 35.1 Å². The third-order valence-corrected chi connectivity index (χ3v) is 4.78. The minimum absolute atomic E-state index is 0.219. The molecule has 0 saturated heterocycles. The van der Waals surface area contributed by atoms with Crippen molar-refractivity contribution in [2.75, 3.05) is 0 Å². The van der Waals surface area contributed by atoms with Crippen LogP contribution in [0.15, 0.2) is 18.2 Å². The molecule has 1 unspecified atom stereocenters. The number of hydrogen-bond donors (Lipinski definition) is 1. The summed E-state index contributed by atoms with van der Waals surface area (Å²) in [7, 11) is 0. The van der Waals surface area contributed by atoms with Gasteiger partial charge in [0.25, 0.3) is 0 Å². The topological polar surface area (TPSA) is 44.0 Å². The first kappa shape index (κ1) is 15.0. The van der Waals surface area contributed by atoms with E-state index in [9.17, 15) is 14.8 Å². The van der Waals surface area contributed by atoms with Gasteiger partial charge >= 0.3 is 0 Å². The first-order chi connectivity index (χ1) is 9.30. The standard InChI is InChI=1S/C17H22FNO/c1-12-4-5-13(18)10-14(12)15(20)17(11-19)8-6-16(2,3)7-9-17/h4-5,10,15,20H,6-9H2,1-3H3. The van der Waals surface area contributed by atoms with Crippen LogP contribution in [0.2, 0.25) is 0 Å². The second-order valence-corrected chi connectivity index (χ2v) is 6.84. The van der Waals surface area contributed by atoms with Crippen LogP contribution in [-0.2, 0) is 0 Å². The first-order valence-electron chi connectivity index (χ1n) is 7.15. The molecule has 1 fully saturated rings. The maximum Gasteiger partial charge on any atom is 0.123 e. The Labute approximate surface area is 120 Å². The van der Waals surface area contributed by atoms with E-state index in [4.69, 9.17) is 0 Å². The van der Waals surface area contributed by atoms with Crippen molar-refractivity contribution in [2.24, 2.45) is 10.8 Å². The van der Waals surface area contributed by atoms with Crippen molar-refractivity contribution in [3.63, 3.8) is 0 Å². The van der Waals surface area contributed by atoms with Gasteiger partial charge in [-0.25, -0.2) is 4.39 Å². The Hall–Kier alpha value is -1.40. The molecule has 1 aliphatic rings. The first-order valence-corrected chi connectivity index (χ1v) is 7.15.